The maximum Gasteiger partial charge on any atom is 0.226 e. The van der Waals surface area contributed by atoms with Gasteiger partial charge >= 0.3 is 0 Å². The monoisotopic (exact) mass is 396 g/mol. The first-order valence-electron chi connectivity index (χ1n) is 9.25. The lowest BCUT2D eigenvalue weighted by Gasteiger charge is -2.44. The fraction of sp³-hybridized carbons (Fsp3) is 0.381. The van der Waals surface area contributed by atoms with Crippen molar-refractivity contribution in [3.63, 3.8) is 0 Å². The fourth-order valence-electron chi connectivity index (χ4n) is 3.95. The van der Waals surface area contributed by atoms with E-state index < -0.39 is 23.5 Å². The number of primary amides is 1. The van der Waals surface area contributed by atoms with Crippen molar-refractivity contribution in [2.24, 2.45) is 11.7 Å². The number of anilines is 1. The highest BCUT2D eigenvalue weighted by molar-refractivity contribution is 5.84. The third-order valence-corrected chi connectivity index (χ3v) is 5.18. The lowest BCUT2D eigenvalue weighted by atomic mass is 9.71. The minimum Gasteiger partial charge on any atom is -0.496 e. The second-order valence-corrected chi connectivity index (χ2v) is 7.17. The Kier molecular flexibility index (Phi) is 5.36. The number of carbonyl (C=O) groups excluding carboxylic acids is 1. The van der Waals surface area contributed by atoms with E-state index in [0.717, 1.165) is 5.56 Å². The number of aliphatic hydroxyl groups is 1. The number of rotatable bonds is 5. The van der Waals surface area contributed by atoms with Gasteiger partial charge in [-0.1, -0.05) is 6.07 Å². The zero-order valence-corrected chi connectivity index (χ0v) is 16.8. The van der Waals surface area contributed by atoms with Gasteiger partial charge in [0.05, 0.1) is 37.0 Å². The van der Waals surface area contributed by atoms with Gasteiger partial charge in [0.1, 0.15) is 11.5 Å². The Morgan fingerprint density at radius 1 is 1.48 bits per heavy atom. The van der Waals surface area contributed by atoms with Crippen molar-refractivity contribution in [1.82, 2.24) is 4.98 Å². The topological polar surface area (TPSA) is 130 Å². The Bertz CT molecular complexity index is 997. The first-order valence-corrected chi connectivity index (χ1v) is 9.25. The molecule has 0 radical (unpaired) electrons. The molecule has 0 aliphatic carbocycles. The predicted molar refractivity (Wildman–Crippen MR) is 107 cm³/mol. The first-order chi connectivity index (χ1) is 13.7. The van der Waals surface area contributed by atoms with Crippen molar-refractivity contribution in [2.75, 3.05) is 19.0 Å². The molecule has 3 atom stereocenters. The van der Waals surface area contributed by atoms with Crippen molar-refractivity contribution < 1.29 is 19.4 Å². The molecule has 1 aromatic carbocycles. The van der Waals surface area contributed by atoms with Crippen LogP contribution in [0.3, 0.4) is 0 Å². The van der Waals surface area contributed by atoms with Crippen LogP contribution in [0.25, 0.3) is 0 Å². The molecule has 0 fully saturated rings. The number of fused-ring (bicyclic) bond motifs is 1. The van der Waals surface area contributed by atoms with E-state index in [4.69, 9.17) is 15.2 Å². The van der Waals surface area contributed by atoms with Crippen LogP contribution in [0.2, 0.25) is 0 Å². The number of methoxy groups -OCH3 is 1. The molecule has 0 saturated carbocycles. The average molecular weight is 396 g/mol. The normalized spacial score (nSPS) is 22.8. The molecule has 8 nitrogen and oxygen atoms in total. The zero-order valence-electron chi connectivity index (χ0n) is 16.8. The highest BCUT2D eigenvalue weighted by Gasteiger charge is 2.50. The van der Waals surface area contributed by atoms with Gasteiger partial charge in [-0.15, -0.1) is 0 Å². The van der Waals surface area contributed by atoms with Crippen LogP contribution in [0.15, 0.2) is 24.4 Å². The summed E-state index contributed by atoms with van der Waals surface area (Å²) in [5.41, 5.74) is 7.16. The van der Waals surface area contributed by atoms with Gasteiger partial charge in [0.25, 0.3) is 0 Å². The number of nitrogens with zero attached hydrogens (tertiary/aromatic N) is 2. The van der Waals surface area contributed by atoms with E-state index in [1.54, 1.807) is 24.4 Å². The number of carbonyl (C=O) groups is 1. The highest BCUT2D eigenvalue weighted by atomic mass is 16.5. The number of nitriles is 1. The zero-order chi connectivity index (χ0) is 21.3. The van der Waals surface area contributed by atoms with Crippen molar-refractivity contribution in [1.29, 1.82) is 5.26 Å². The van der Waals surface area contributed by atoms with Crippen LogP contribution in [0.5, 0.6) is 11.6 Å². The number of nitrogens with two attached hydrogens (primary N) is 1. The second-order valence-electron chi connectivity index (χ2n) is 7.17. The summed E-state index contributed by atoms with van der Waals surface area (Å²) < 4.78 is 11.3. The lowest BCUT2D eigenvalue weighted by Crippen LogP contribution is -2.54. The smallest absolute Gasteiger partial charge is 0.226 e. The van der Waals surface area contributed by atoms with E-state index in [1.807, 2.05) is 13.8 Å². The molecule has 29 heavy (non-hydrogen) atoms. The summed E-state index contributed by atoms with van der Waals surface area (Å²) in [7, 11) is 1.48. The molecule has 1 amide bonds. The number of pyridine rings is 1. The first kappa shape index (κ1) is 20.4. The molecule has 1 aliphatic rings. The number of aromatic nitrogens is 1. The Balaban J connectivity index is 2.38. The quantitative estimate of drug-likeness (QED) is 0.705. The van der Waals surface area contributed by atoms with Crippen LogP contribution in [-0.2, 0) is 4.79 Å². The Morgan fingerprint density at radius 2 is 2.21 bits per heavy atom. The third-order valence-electron chi connectivity index (χ3n) is 5.18. The molecule has 1 aliphatic heterocycles. The van der Waals surface area contributed by atoms with Crippen molar-refractivity contribution >= 4 is 11.6 Å². The molecular formula is C21H24N4O4. The van der Waals surface area contributed by atoms with E-state index >= 15 is 0 Å². The Labute approximate surface area is 169 Å². The van der Waals surface area contributed by atoms with Crippen LogP contribution in [0.4, 0.5) is 5.69 Å². The Morgan fingerprint density at radius 3 is 2.79 bits per heavy atom. The molecule has 8 heteroatoms. The molecule has 3 unspecified atom stereocenters. The third kappa shape index (κ3) is 3.45. The summed E-state index contributed by atoms with van der Waals surface area (Å²) in [6.45, 7) is 5.57. The SMILES string of the molecule is CCOc1ncc(C)c2c1C(c1ccc(C#N)cc1OC)C(C(N)=O)C(C)(O)N2. The van der Waals surface area contributed by atoms with Gasteiger partial charge in [-0.05, 0) is 38.5 Å². The fourth-order valence-corrected chi connectivity index (χ4v) is 3.95. The van der Waals surface area contributed by atoms with Gasteiger partial charge in [0, 0.05) is 23.2 Å². The van der Waals surface area contributed by atoms with Crippen LogP contribution in [0, 0.1) is 24.2 Å². The van der Waals surface area contributed by atoms with Crippen molar-refractivity contribution in [2.45, 2.75) is 32.4 Å². The van der Waals surface area contributed by atoms with E-state index in [0.29, 0.717) is 40.6 Å². The minimum absolute atomic E-state index is 0.346. The van der Waals surface area contributed by atoms with Crippen LogP contribution in [0.1, 0.15) is 42.0 Å². The molecule has 0 saturated heterocycles. The second kappa shape index (κ2) is 7.60. The highest BCUT2D eigenvalue weighted by Crippen LogP contribution is 2.51. The predicted octanol–water partition coefficient (Wildman–Crippen LogP) is 2.04. The number of hydrogen-bond donors (Lipinski definition) is 3. The number of aryl methyl sites for hydroxylation is 1. The number of benzene rings is 1. The molecule has 3 rings (SSSR count). The molecule has 0 bridgehead atoms. The minimum atomic E-state index is -1.63. The number of ether oxygens (including phenoxy) is 2. The van der Waals surface area contributed by atoms with Gasteiger partial charge in [0.15, 0.2) is 0 Å². The molecule has 4 N–H and O–H groups in total. The van der Waals surface area contributed by atoms with E-state index in [9.17, 15) is 15.2 Å². The van der Waals surface area contributed by atoms with Gasteiger partial charge in [-0.25, -0.2) is 4.98 Å². The van der Waals surface area contributed by atoms with Gasteiger partial charge in [-0.3, -0.25) is 4.79 Å². The summed E-state index contributed by atoms with van der Waals surface area (Å²) in [5, 5.41) is 23.4. The van der Waals surface area contributed by atoms with E-state index in [2.05, 4.69) is 16.4 Å². The van der Waals surface area contributed by atoms with Gasteiger partial charge in [-0.2, -0.15) is 5.26 Å². The molecule has 152 valence electrons. The molecule has 2 aromatic rings. The van der Waals surface area contributed by atoms with E-state index in [-0.39, 0.29) is 0 Å². The average Bonchev–Trinajstić information content (AvgIpc) is 2.68. The van der Waals surface area contributed by atoms with Gasteiger partial charge in [0.2, 0.25) is 11.8 Å². The molecular weight excluding hydrogens is 372 g/mol. The van der Waals surface area contributed by atoms with Crippen LogP contribution in [-0.4, -0.2) is 35.4 Å². The largest absolute Gasteiger partial charge is 0.496 e. The summed E-state index contributed by atoms with van der Waals surface area (Å²) in [4.78, 5) is 16.9. The number of hydrogen-bond acceptors (Lipinski definition) is 7. The Hall–Kier alpha value is -3.31. The molecule has 0 spiro atoms. The molecule has 1 aromatic heterocycles. The maximum absolute atomic E-state index is 12.5. The standard InChI is InChI=1S/C21H24N4O4/c1-5-29-20-16-15(13-7-6-12(9-22)8-14(13)28-4)17(19(23)26)21(3,27)25-18(16)11(2)10-24-20/h6-8,10,15,17,25,27H,5H2,1-4H3,(H2,23,26). The van der Waals surface area contributed by atoms with Crippen molar-refractivity contribution in [3.8, 4) is 17.7 Å². The maximum atomic E-state index is 12.5. The van der Waals surface area contributed by atoms with E-state index in [1.165, 1.54) is 14.0 Å². The number of amides is 1. The number of nitrogens with one attached hydrogen (secondary N) is 1. The van der Waals surface area contributed by atoms with Gasteiger partial charge < -0.3 is 25.6 Å². The summed E-state index contributed by atoms with van der Waals surface area (Å²) in [6.07, 6.45) is 1.64. The summed E-state index contributed by atoms with van der Waals surface area (Å²) in [6, 6.07) is 7.01. The van der Waals surface area contributed by atoms with Crippen molar-refractivity contribution in [3.05, 3.63) is 46.6 Å². The molecule has 2 heterocycles. The summed E-state index contributed by atoms with van der Waals surface area (Å²) in [5.74, 6) is -1.67. The lowest BCUT2D eigenvalue weighted by molar-refractivity contribution is -0.129. The summed E-state index contributed by atoms with van der Waals surface area (Å²) >= 11 is 0. The van der Waals surface area contributed by atoms with Crippen LogP contribution >= 0.6 is 0 Å². The van der Waals surface area contributed by atoms with Crippen LogP contribution < -0.4 is 20.5 Å².